The molecule has 0 bridgehead atoms. The standard InChI is InChI=1S/C14H26N2O/c1-14(2)6-5-12(13(14)17)11-16-8-4-7-15(3)9-10-16/h12H,4-11H2,1-3H3. The fraction of sp³-hybridized carbons (Fsp3) is 0.929. The molecule has 3 heteroatoms. The third-order valence-electron chi connectivity index (χ3n) is 4.45. The fourth-order valence-electron chi connectivity index (χ4n) is 3.11. The second-order valence-electron chi connectivity index (χ2n) is 6.44. The summed E-state index contributed by atoms with van der Waals surface area (Å²) in [6, 6.07) is 0. The van der Waals surface area contributed by atoms with Crippen LogP contribution < -0.4 is 0 Å². The number of rotatable bonds is 2. The molecular weight excluding hydrogens is 212 g/mol. The molecule has 2 rings (SSSR count). The van der Waals surface area contributed by atoms with Crippen LogP contribution >= 0.6 is 0 Å². The van der Waals surface area contributed by atoms with E-state index < -0.39 is 0 Å². The molecule has 1 aliphatic carbocycles. The van der Waals surface area contributed by atoms with Crippen LogP contribution in [0.3, 0.4) is 0 Å². The third-order valence-corrected chi connectivity index (χ3v) is 4.45. The number of ketones is 1. The molecule has 0 amide bonds. The molecule has 1 unspecified atom stereocenters. The van der Waals surface area contributed by atoms with Gasteiger partial charge in [0, 0.05) is 31.0 Å². The highest BCUT2D eigenvalue weighted by molar-refractivity contribution is 5.88. The van der Waals surface area contributed by atoms with E-state index in [1.165, 1.54) is 13.0 Å². The van der Waals surface area contributed by atoms with Gasteiger partial charge in [-0.25, -0.2) is 0 Å². The van der Waals surface area contributed by atoms with E-state index in [0.29, 0.717) is 11.7 Å². The molecule has 98 valence electrons. The summed E-state index contributed by atoms with van der Waals surface area (Å²) in [7, 11) is 2.19. The monoisotopic (exact) mass is 238 g/mol. The molecule has 1 atom stereocenters. The first-order valence-corrected chi connectivity index (χ1v) is 6.94. The van der Waals surface area contributed by atoms with Crippen molar-refractivity contribution >= 4 is 5.78 Å². The van der Waals surface area contributed by atoms with E-state index >= 15 is 0 Å². The average Bonchev–Trinajstić information content (AvgIpc) is 2.44. The predicted octanol–water partition coefficient (Wildman–Crippen LogP) is 1.63. The number of carbonyl (C=O) groups excluding carboxylic acids is 1. The van der Waals surface area contributed by atoms with Gasteiger partial charge >= 0.3 is 0 Å². The Labute approximate surface area is 105 Å². The van der Waals surface area contributed by atoms with Crippen LogP contribution in [0.25, 0.3) is 0 Å². The molecule has 2 fully saturated rings. The molecule has 1 saturated heterocycles. The molecule has 3 nitrogen and oxygen atoms in total. The highest BCUT2D eigenvalue weighted by Crippen LogP contribution is 2.37. The van der Waals surface area contributed by atoms with Crippen LogP contribution in [0.1, 0.15) is 33.1 Å². The third kappa shape index (κ3) is 3.08. The minimum atomic E-state index is -0.0622. The van der Waals surface area contributed by atoms with Crippen LogP contribution in [-0.2, 0) is 4.79 Å². The molecule has 0 aromatic carbocycles. The first-order valence-electron chi connectivity index (χ1n) is 6.94. The van der Waals surface area contributed by atoms with Gasteiger partial charge in [0.1, 0.15) is 5.78 Å². The van der Waals surface area contributed by atoms with E-state index in [-0.39, 0.29) is 5.41 Å². The molecule has 0 aromatic heterocycles. The lowest BCUT2D eigenvalue weighted by Gasteiger charge is -2.24. The lowest BCUT2D eigenvalue weighted by Crippen LogP contribution is -2.36. The van der Waals surface area contributed by atoms with Gasteiger partial charge in [-0.2, -0.15) is 0 Å². The summed E-state index contributed by atoms with van der Waals surface area (Å²) in [5, 5.41) is 0. The first kappa shape index (κ1) is 13.0. The normalized spacial score (nSPS) is 31.7. The quantitative estimate of drug-likeness (QED) is 0.730. The van der Waals surface area contributed by atoms with Crippen molar-refractivity contribution in [1.29, 1.82) is 0 Å². The van der Waals surface area contributed by atoms with Crippen molar-refractivity contribution in [3.05, 3.63) is 0 Å². The molecule has 2 aliphatic rings. The van der Waals surface area contributed by atoms with Crippen molar-refractivity contribution in [2.45, 2.75) is 33.1 Å². The Morgan fingerprint density at radius 3 is 2.65 bits per heavy atom. The summed E-state index contributed by atoms with van der Waals surface area (Å²) in [6.07, 6.45) is 3.41. The van der Waals surface area contributed by atoms with Crippen molar-refractivity contribution in [3.8, 4) is 0 Å². The van der Waals surface area contributed by atoms with E-state index in [1.807, 2.05) is 0 Å². The zero-order valence-electron chi connectivity index (χ0n) is 11.5. The van der Waals surface area contributed by atoms with E-state index in [4.69, 9.17) is 0 Å². The van der Waals surface area contributed by atoms with Crippen LogP contribution in [0.2, 0.25) is 0 Å². The average molecular weight is 238 g/mol. The van der Waals surface area contributed by atoms with Gasteiger partial charge in [-0.05, 0) is 39.4 Å². The van der Waals surface area contributed by atoms with Crippen LogP contribution in [0.5, 0.6) is 0 Å². The summed E-state index contributed by atoms with van der Waals surface area (Å²) < 4.78 is 0. The fourth-order valence-corrected chi connectivity index (χ4v) is 3.11. The van der Waals surface area contributed by atoms with Crippen LogP contribution in [0.15, 0.2) is 0 Å². The van der Waals surface area contributed by atoms with Crippen molar-refractivity contribution in [2.24, 2.45) is 11.3 Å². The number of carbonyl (C=O) groups is 1. The van der Waals surface area contributed by atoms with E-state index in [2.05, 4.69) is 30.7 Å². The van der Waals surface area contributed by atoms with Crippen LogP contribution in [-0.4, -0.2) is 55.4 Å². The Hall–Kier alpha value is -0.410. The molecule has 1 heterocycles. The zero-order chi connectivity index (χ0) is 12.5. The molecular formula is C14H26N2O. The summed E-state index contributed by atoms with van der Waals surface area (Å²) in [5.41, 5.74) is -0.0622. The van der Waals surface area contributed by atoms with Gasteiger partial charge in [-0.1, -0.05) is 13.8 Å². The highest BCUT2D eigenvalue weighted by Gasteiger charge is 2.40. The lowest BCUT2D eigenvalue weighted by atomic mass is 9.89. The van der Waals surface area contributed by atoms with Gasteiger partial charge in [0.15, 0.2) is 0 Å². The van der Waals surface area contributed by atoms with Crippen molar-refractivity contribution < 1.29 is 4.79 Å². The van der Waals surface area contributed by atoms with Gasteiger partial charge < -0.3 is 9.80 Å². The molecule has 0 radical (unpaired) electrons. The van der Waals surface area contributed by atoms with E-state index in [0.717, 1.165) is 39.0 Å². The topological polar surface area (TPSA) is 23.6 Å². The van der Waals surface area contributed by atoms with E-state index in [9.17, 15) is 4.79 Å². The first-order chi connectivity index (χ1) is 7.99. The Bertz CT molecular complexity index is 288. The second-order valence-corrected chi connectivity index (χ2v) is 6.44. The Balaban J connectivity index is 1.87. The Morgan fingerprint density at radius 1 is 1.24 bits per heavy atom. The number of likely N-dealkylation sites (N-methyl/N-ethyl adjacent to an activating group) is 1. The van der Waals surface area contributed by atoms with Gasteiger partial charge in [0.05, 0.1) is 0 Å². The Kier molecular flexibility index (Phi) is 3.88. The van der Waals surface area contributed by atoms with Crippen molar-refractivity contribution in [2.75, 3.05) is 39.8 Å². The molecule has 0 N–H and O–H groups in total. The maximum atomic E-state index is 12.2. The van der Waals surface area contributed by atoms with Gasteiger partial charge in [0.25, 0.3) is 0 Å². The smallest absolute Gasteiger partial charge is 0.142 e. The zero-order valence-corrected chi connectivity index (χ0v) is 11.5. The molecule has 1 saturated carbocycles. The SMILES string of the molecule is CN1CCCN(CC2CCC(C)(C)C2=O)CC1. The van der Waals surface area contributed by atoms with Crippen LogP contribution in [0, 0.1) is 11.3 Å². The number of Topliss-reactive ketones (excluding diaryl/α,β-unsaturated/α-hetero) is 1. The van der Waals surface area contributed by atoms with Crippen molar-refractivity contribution in [1.82, 2.24) is 9.80 Å². The van der Waals surface area contributed by atoms with Gasteiger partial charge in [-0.3, -0.25) is 4.79 Å². The molecule has 0 spiro atoms. The van der Waals surface area contributed by atoms with E-state index in [1.54, 1.807) is 0 Å². The maximum Gasteiger partial charge on any atom is 0.142 e. The van der Waals surface area contributed by atoms with Crippen molar-refractivity contribution in [3.63, 3.8) is 0 Å². The minimum absolute atomic E-state index is 0.0622. The van der Waals surface area contributed by atoms with Gasteiger partial charge in [-0.15, -0.1) is 0 Å². The van der Waals surface area contributed by atoms with Crippen LogP contribution in [0.4, 0.5) is 0 Å². The number of nitrogens with zero attached hydrogens (tertiary/aromatic N) is 2. The number of hydrogen-bond acceptors (Lipinski definition) is 3. The largest absolute Gasteiger partial charge is 0.305 e. The maximum absolute atomic E-state index is 12.2. The molecule has 1 aliphatic heterocycles. The second kappa shape index (κ2) is 5.07. The summed E-state index contributed by atoms with van der Waals surface area (Å²) >= 11 is 0. The molecule has 17 heavy (non-hydrogen) atoms. The predicted molar refractivity (Wildman–Crippen MR) is 70.1 cm³/mol. The summed E-state index contributed by atoms with van der Waals surface area (Å²) in [5.74, 6) is 0.795. The summed E-state index contributed by atoms with van der Waals surface area (Å²) in [6.45, 7) is 9.83. The lowest BCUT2D eigenvalue weighted by molar-refractivity contribution is -0.127. The summed E-state index contributed by atoms with van der Waals surface area (Å²) in [4.78, 5) is 17.1. The molecule has 0 aromatic rings. The minimum Gasteiger partial charge on any atom is -0.305 e. The Morgan fingerprint density at radius 2 is 2.00 bits per heavy atom. The van der Waals surface area contributed by atoms with Gasteiger partial charge in [0.2, 0.25) is 0 Å². The number of hydrogen-bond donors (Lipinski definition) is 0. The highest BCUT2D eigenvalue weighted by atomic mass is 16.1.